The van der Waals surface area contributed by atoms with Gasteiger partial charge >= 0.3 is 0 Å². The molecule has 0 spiro atoms. The minimum Gasteiger partial charge on any atom is -0.378 e. The number of piperidine rings is 1. The van der Waals surface area contributed by atoms with E-state index in [0.717, 1.165) is 32.4 Å². The van der Waals surface area contributed by atoms with Crippen LogP contribution in [0.4, 0.5) is 0 Å². The van der Waals surface area contributed by atoms with Gasteiger partial charge in [0.15, 0.2) is 0 Å². The molecule has 0 bridgehead atoms. The van der Waals surface area contributed by atoms with E-state index in [1.165, 1.54) is 0 Å². The summed E-state index contributed by atoms with van der Waals surface area (Å²) in [6, 6.07) is 0. The van der Waals surface area contributed by atoms with Gasteiger partial charge in [0.1, 0.15) is 0 Å². The van der Waals surface area contributed by atoms with Gasteiger partial charge in [0, 0.05) is 13.2 Å². The molecule has 0 aromatic carbocycles. The van der Waals surface area contributed by atoms with Crippen molar-refractivity contribution in [1.29, 1.82) is 0 Å². The third kappa shape index (κ3) is 7.31. The number of hydrogen-bond acceptors (Lipinski definition) is 4. The zero-order valence-corrected chi connectivity index (χ0v) is 12.3. The van der Waals surface area contributed by atoms with E-state index in [1.807, 2.05) is 13.8 Å². The monoisotopic (exact) mass is 278 g/mol. The highest BCUT2D eigenvalue weighted by Crippen LogP contribution is 2.07. The molecule has 2 N–H and O–H groups in total. The second-order valence-electron chi connectivity index (χ2n) is 5.24. The van der Waals surface area contributed by atoms with E-state index >= 15 is 0 Å². The molecule has 0 aliphatic carbocycles. The Hall–Kier alpha value is -0.170. The molecule has 0 aromatic rings. The fourth-order valence-electron chi connectivity index (χ4n) is 2.01. The maximum absolute atomic E-state index is 11.5. The molecular weight excluding hydrogens is 252 g/mol. The van der Waals surface area contributed by atoms with E-state index < -0.39 is 10.0 Å². The Labute approximate surface area is 111 Å². The third-order valence-corrected chi connectivity index (χ3v) is 4.59. The predicted octanol–water partition coefficient (Wildman–Crippen LogP) is 0.721. The molecule has 108 valence electrons. The summed E-state index contributed by atoms with van der Waals surface area (Å²) in [5, 5.41) is 3.28. The fraction of sp³-hybridized carbons (Fsp3) is 1.00. The molecule has 0 atom stereocenters. The number of sulfonamides is 1. The van der Waals surface area contributed by atoms with Crippen LogP contribution in [0.3, 0.4) is 0 Å². The first-order chi connectivity index (χ1) is 8.49. The smallest absolute Gasteiger partial charge is 0.211 e. The molecule has 1 saturated heterocycles. The average Bonchev–Trinajstić information content (AvgIpc) is 2.28. The van der Waals surface area contributed by atoms with Crippen LogP contribution in [-0.2, 0) is 14.8 Å². The lowest BCUT2D eigenvalue weighted by Gasteiger charge is -2.22. The highest BCUT2D eigenvalue weighted by atomic mass is 32.2. The van der Waals surface area contributed by atoms with Crippen molar-refractivity contribution in [1.82, 2.24) is 10.0 Å². The molecule has 1 fully saturated rings. The highest BCUT2D eigenvalue weighted by molar-refractivity contribution is 7.89. The molecule has 1 aliphatic rings. The predicted molar refractivity (Wildman–Crippen MR) is 73.1 cm³/mol. The van der Waals surface area contributed by atoms with Gasteiger partial charge in [-0.15, -0.1) is 0 Å². The summed E-state index contributed by atoms with van der Waals surface area (Å²) in [6.07, 6.45) is 3.19. The lowest BCUT2D eigenvalue weighted by Crippen LogP contribution is -2.33. The van der Waals surface area contributed by atoms with Crippen LogP contribution in [0.5, 0.6) is 0 Å². The Morgan fingerprint density at radius 2 is 2.00 bits per heavy atom. The standard InChI is InChI=1S/C12H26N2O3S/c1-11(2)10-18(15,16)14-6-3-9-17-12-4-7-13-8-5-12/h11-14H,3-10H2,1-2H3. The summed E-state index contributed by atoms with van der Waals surface area (Å²) >= 11 is 0. The molecule has 0 radical (unpaired) electrons. The molecule has 0 aromatic heterocycles. The van der Waals surface area contributed by atoms with Crippen LogP contribution < -0.4 is 10.0 Å². The first-order valence-corrected chi connectivity index (χ1v) is 8.44. The number of hydrogen-bond donors (Lipinski definition) is 2. The lowest BCUT2D eigenvalue weighted by atomic mass is 10.1. The van der Waals surface area contributed by atoms with E-state index in [2.05, 4.69) is 10.0 Å². The van der Waals surface area contributed by atoms with Gasteiger partial charge in [0.25, 0.3) is 0 Å². The lowest BCUT2D eigenvalue weighted by molar-refractivity contribution is 0.0322. The van der Waals surface area contributed by atoms with Gasteiger partial charge in [-0.05, 0) is 38.3 Å². The Bertz CT molecular complexity index is 311. The first-order valence-electron chi connectivity index (χ1n) is 6.79. The van der Waals surface area contributed by atoms with Gasteiger partial charge in [-0.25, -0.2) is 13.1 Å². The number of rotatable bonds is 8. The largest absolute Gasteiger partial charge is 0.378 e. The Morgan fingerprint density at radius 1 is 1.33 bits per heavy atom. The van der Waals surface area contributed by atoms with Crippen LogP contribution in [0.1, 0.15) is 33.1 Å². The van der Waals surface area contributed by atoms with E-state index in [0.29, 0.717) is 19.3 Å². The zero-order chi connectivity index (χ0) is 13.4. The number of nitrogens with one attached hydrogen (secondary N) is 2. The quantitative estimate of drug-likeness (QED) is 0.642. The molecular formula is C12H26N2O3S. The van der Waals surface area contributed by atoms with E-state index in [9.17, 15) is 8.42 Å². The van der Waals surface area contributed by atoms with Crippen LogP contribution in [-0.4, -0.2) is 46.5 Å². The first kappa shape index (κ1) is 15.9. The van der Waals surface area contributed by atoms with E-state index in [1.54, 1.807) is 0 Å². The van der Waals surface area contributed by atoms with Crippen molar-refractivity contribution in [2.45, 2.75) is 39.2 Å². The minimum atomic E-state index is -3.10. The van der Waals surface area contributed by atoms with Crippen LogP contribution in [0.25, 0.3) is 0 Å². The van der Waals surface area contributed by atoms with Gasteiger partial charge < -0.3 is 10.1 Å². The Kier molecular flexibility index (Phi) is 7.14. The fourth-order valence-corrected chi connectivity index (χ4v) is 3.46. The topological polar surface area (TPSA) is 67.4 Å². The average molecular weight is 278 g/mol. The normalized spacial score (nSPS) is 18.4. The Morgan fingerprint density at radius 3 is 2.61 bits per heavy atom. The molecule has 0 saturated carbocycles. The molecule has 18 heavy (non-hydrogen) atoms. The summed E-state index contributed by atoms with van der Waals surface area (Å²) in [6.45, 7) is 6.95. The molecule has 0 amide bonds. The summed E-state index contributed by atoms with van der Waals surface area (Å²) in [5.41, 5.74) is 0. The maximum Gasteiger partial charge on any atom is 0.211 e. The van der Waals surface area contributed by atoms with Gasteiger partial charge in [-0.1, -0.05) is 13.8 Å². The van der Waals surface area contributed by atoms with Crippen molar-refractivity contribution in [2.24, 2.45) is 5.92 Å². The molecule has 0 unspecified atom stereocenters. The summed E-state index contributed by atoms with van der Waals surface area (Å²) < 4.78 is 31.4. The summed E-state index contributed by atoms with van der Waals surface area (Å²) in [5.74, 6) is 0.357. The van der Waals surface area contributed by atoms with Crippen molar-refractivity contribution in [3.8, 4) is 0 Å². The molecule has 5 nitrogen and oxygen atoms in total. The van der Waals surface area contributed by atoms with Gasteiger partial charge in [0.2, 0.25) is 10.0 Å². The third-order valence-electron chi connectivity index (χ3n) is 2.84. The van der Waals surface area contributed by atoms with Crippen molar-refractivity contribution >= 4 is 10.0 Å². The zero-order valence-electron chi connectivity index (χ0n) is 11.4. The van der Waals surface area contributed by atoms with Crippen molar-refractivity contribution in [2.75, 3.05) is 32.0 Å². The molecule has 1 rings (SSSR count). The summed E-state index contributed by atoms with van der Waals surface area (Å²) in [4.78, 5) is 0. The maximum atomic E-state index is 11.5. The van der Waals surface area contributed by atoms with Crippen molar-refractivity contribution < 1.29 is 13.2 Å². The van der Waals surface area contributed by atoms with Crippen LogP contribution in [0, 0.1) is 5.92 Å². The molecule has 1 aliphatic heterocycles. The van der Waals surface area contributed by atoms with Gasteiger partial charge in [-0.3, -0.25) is 0 Å². The van der Waals surface area contributed by atoms with Crippen LogP contribution in [0.2, 0.25) is 0 Å². The van der Waals surface area contributed by atoms with Crippen molar-refractivity contribution in [3.63, 3.8) is 0 Å². The highest BCUT2D eigenvalue weighted by Gasteiger charge is 2.14. The SMILES string of the molecule is CC(C)CS(=O)(=O)NCCCOC1CCNCC1. The molecule has 1 heterocycles. The molecule has 6 heteroatoms. The second-order valence-corrected chi connectivity index (χ2v) is 7.09. The van der Waals surface area contributed by atoms with Gasteiger partial charge in [-0.2, -0.15) is 0 Å². The van der Waals surface area contributed by atoms with Gasteiger partial charge in [0.05, 0.1) is 11.9 Å². The van der Waals surface area contributed by atoms with Crippen LogP contribution >= 0.6 is 0 Å². The summed E-state index contributed by atoms with van der Waals surface area (Å²) in [7, 11) is -3.10. The van der Waals surface area contributed by atoms with Crippen molar-refractivity contribution in [3.05, 3.63) is 0 Å². The minimum absolute atomic E-state index is 0.161. The van der Waals surface area contributed by atoms with E-state index in [4.69, 9.17) is 4.74 Å². The van der Waals surface area contributed by atoms with Crippen LogP contribution in [0.15, 0.2) is 0 Å². The second kappa shape index (κ2) is 8.09. The number of ether oxygens (including phenoxy) is 1. The van der Waals surface area contributed by atoms with E-state index in [-0.39, 0.29) is 11.7 Å². The Balaban J connectivity index is 2.04.